The van der Waals surface area contributed by atoms with Crippen molar-refractivity contribution in [2.45, 2.75) is 44.5 Å². The van der Waals surface area contributed by atoms with Crippen LogP contribution >= 0.6 is 0 Å². The Morgan fingerprint density at radius 2 is 2.10 bits per heavy atom. The van der Waals surface area contributed by atoms with Crippen molar-refractivity contribution in [2.75, 3.05) is 6.54 Å². The van der Waals surface area contributed by atoms with Crippen LogP contribution in [0.4, 0.5) is 0 Å². The minimum Gasteiger partial charge on any atom is -0.486 e. The lowest BCUT2D eigenvalue weighted by molar-refractivity contribution is 0.0677. The summed E-state index contributed by atoms with van der Waals surface area (Å²) in [6.45, 7) is 2.96. The quantitative estimate of drug-likeness (QED) is 0.867. The van der Waals surface area contributed by atoms with Crippen LogP contribution < -0.4 is 4.74 Å². The van der Waals surface area contributed by atoms with Gasteiger partial charge < -0.3 is 9.30 Å². The maximum Gasteiger partial charge on any atom is 0.138 e. The maximum atomic E-state index is 6.19. The Balaban J connectivity index is 1.55. The fraction of sp³-hybridized carbons (Fsp3) is 0.471. The van der Waals surface area contributed by atoms with E-state index in [2.05, 4.69) is 32.8 Å². The topological polar surface area (TPSA) is 30.3 Å². The molecule has 1 aliphatic carbocycles. The highest BCUT2D eigenvalue weighted by atomic mass is 16.5. The van der Waals surface area contributed by atoms with E-state index in [9.17, 15) is 0 Å². The summed E-state index contributed by atoms with van der Waals surface area (Å²) in [4.78, 5) is 6.74. The zero-order valence-corrected chi connectivity index (χ0v) is 12.2. The average Bonchev–Trinajstić information content (AvgIpc) is 2.78. The minimum absolute atomic E-state index is 0.184. The van der Waals surface area contributed by atoms with Gasteiger partial charge in [-0.05, 0) is 37.1 Å². The van der Waals surface area contributed by atoms with E-state index in [4.69, 9.17) is 4.74 Å². The zero-order valence-electron chi connectivity index (χ0n) is 12.2. The van der Waals surface area contributed by atoms with Crippen LogP contribution in [0.15, 0.2) is 42.9 Å². The van der Waals surface area contributed by atoms with Gasteiger partial charge in [0.05, 0.1) is 12.7 Å². The van der Waals surface area contributed by atoms with Gasteiger partial charge in [-0.15, -0.1) is 0 Å². The monoisotopic (exact) mass is 283 g/mol. The van der Waals surface area contributed by atoms with Gasteiger partial charge in [-0.25, -0.2) is 0 Å². The molecular formula is C17H21N3O. The molecule has 0 spiro atoms. The third-order valence-electron chi connectivity index (χ3n) is 4.66. The van der Waals surface area contributed by atoms with Crippen molar-refractivity contribution in [1.29, 1.82) is 0 Å². The van der Waals surface area contributed by atoms with E-state index >= 15 is 0 Å². The van der Waals surface area contributed by atoms with E-state index in [-0.39, 0.29) is 6.10 Å². The Morgan fingerprint density at radius 1 is 1.14 bits per heavy atom. The number of rotatable bonds is 3. The first-order chi connectivity index (χ1) is 10.4. The summed E-state index contributed by atoms with van der Waals surface area (Å²) in [5.41, 5.74) is 1.40. The Kier molecular flexibility index (Phi) is 3.39. The van der Waals surface area contributed by atoms with Gasteiger partial charge in [0.1, 0.15) is 11.9 Å². The van der Waals surface area contributed by atoms with Gasteiger partial charge in [-0.2, -0.15) is 0 Å². The van der Waals surface area contributed by atoms with Crippen molar-refractivity contribution in [1.82, 2.24) is 14.5 Å². The molecule has 21 heavy (non-hydrogen) atoms. The van der Waals surface area contributed by atoms with Crippen LogP contribution in [0.25, 0.3) is 0 Å². The summed E-state index contributed by atoms with van der Waals surface area (Å²) < 4.78 is 8.52. The van der Waals surface area contributed by atoms with Gasteiger partial charge in [0.2, 0.25) is 0 Å². The van der Waals surface area contributed by atoms with Crippen molar-refractivity contribution in [3.8, 4) is 5.75 Å². The first-order valence-electron chi connectivity index (χ1n) is 7.83. The van der Waals surface area contributed by atoms with Crippen molar-refractivity contribution in [3.63, 3.8) is 0 Å². The van der Waals surface area contributed by atoms with Crippen LogP contribution in [0.2, 0.25) is 0 Å². The SMILES string of the molecule is c1cncc(OC2CN(C3CCC3)Cc3cccn3C2)c1. The lowest BCUT2D eigenvalue weighted by Gasteiger charge is -2.37. The molecule has 0 N–H and O–H groups in total. The largest absolute Gasteiger partial charge is 0.486 e. The Hall–Kier alpha value is -1.81. The third-order valence-corrected chi connectivity index (χ3v) is 4.66. The molecule has 1 saturated carbocycles. The number of pyridine rings is 1. The molecule has 1 fully saturated rings. The Morgan fingerprint density at radius 3 is 2.86 bits per heavy atom. The second kappa shape index (κ2) is 5.53. The van der Waals surface area contributed by atoms with Gasteiger partial charge in [0.25, 0.3) is 0 Å². The van der Waals surface area contributed by atoms with Crippen LogP contribution in [-0.4, -0.2) is 33.1 Å². The predicted molar refractivity (Wildman–Crippen MR) is 81.1 cm³/mol. The highest BCUT2D eigenvalue weighted by molar-refractivity contribution is 5.16. The van der Waals surface area contributed by atoms with Crippen LogP contribution in [0, 0.1) is 0 Å². The van der Waals surface area contributed by atoms with E-state index in [1.54, 1.807) is 12.4 Å². The van der Waals surface area contributed by atoms with Gasteiger partial charge >= 0.3 is 0 Å². The number of fused-ring (bicyclic) bond motifs is 1. The highest BCUT2D eigenvalue weighted by Crippen LogP contribution is 2.28. The summed E-state index contributed by atoms with van der Waals surface area (Å²) in [5.74, 6) is 0.867. The normalized spacial score (nSPS) is 23.1. The van der Waals surface area contributed by atoms with E-state index in [0.29, 0.717) is 0 Å². The van der Waals surface area contributed by atoms with Gasteiger partial charge in [0.15, 0.2) is 0 Å². The van der Waals surface area contributed by atoms with Crippen molar-refractivity contribution in [3.05, 3.63) is 48.5 Å². The summed E-state index contributed by atoms with van der Waals surface area (Å²) in [6.07, 6.45) is 9.97. The van der Waals surface area contributed by atoms with Crippen molar-refractivity contribution in [2.24, 2.45) is 0 Å². The fourth-order valence-electron chi connectivity index (χ4n) is 3.30. The molecule has 2 aliphatic rings. The number of aromatic nitrogens is 2. The first-order valence-corrected chi connectivity index (χ1v) is 7.83. The summed E-state index contributed by atoms with van der Waals surface area (Å²) >= 11 is 0. The second-order valence-corrected chi connectivity index (χ2v) is 6.09. The van der Waals surface area contributed by atoms with Gasteiger partial charge in [0, 0.05) is 37.2 Å². The van der Waals surface area contributed by atoms with Crippen LogP contribution in [0.5, 0.6) is 5.75 Å². The standard InChI is InChI=1S/C17H21N3O/c1-4-14(5-1)20-11-15-6-3-9-19(15)12-17(13-20)21-16-7-2-8-18-10-16/h2-3,6-10,14,17H,1,4-5,11-13H2. The molecule has 2 aromatic heterocycles. The van der Waals surface area contributed by atoms with Crippen LogP contribution in [0.1, 0.15) is 25.0 Å². The van der Waals surface area contributed by atoms with E-state index in [1.165, 1.54) is 25.0 Å². The predicted octanol–water partition coefficient (Wildman–Crippen LogP) is 2.70. The van der Waals surface area contributed by atoms with Crippen LogP contribution in [0.3, 0.4) is 0 Å². The minimum atomic E-state index is 0.184. The average molecular weight is 283 g/mol. The third kappa shape index (κ3) is 2.68. The molecule has 1 unspecified atom stereocenters. The number of hydrogen-bond acceptors (Lipinski definition) is 3. The molecular weight excluding hydrogens is 262 g/mol. The van der Waals surface area contributed by atoms with Gasteiger partial charge in [-0.1, -0.05) is 6.42 Å². The highest BCUT2D eigenvalue weighted by Gasteiger charge is 2.30. The molecule has 1 atom stereocenters. The molecule has 0 saturated heterocycles. The second-order valence-electron chi connectivity index (χ2n) is 6.09. The first kappa shape index (κ1) is 12.9. The lowest BCUT2D eigenvalue weighted by Crippen LogP contribution is -2.44. The zero-order chi connectivity index (χ0) is 14.1. The summed E-state index contributed by atoms with van der Waals surface area (Å²) in [5, 5.41) is 0. The molecule has 4 heteroatoms. The van der Waals surface area contributed by atoms with Crippen molar-refractivity contribution < 1.29 is 4.74 Å². The smallest absolute Gasteiger partial charge is 0.138 e. The Labute approximate surface area is 125 Å². The van der Waals surface area contributed by atoms with E-state index < -0.39 is 0 Å². The maximum absolute atomic E-state index is 6.19. The molecule has 0 bridgehead atoms. The molecule has 2 aromatic rings. The number of hydrogen-bond donors (Lipinski definition) is 0. The molecule has 4 nitrogen and oxygen atoms in total. The summed E-state index contributed by atoms with van der Waals surface area (Å²) in [7, 11) is 0. The lowest BCUT2D eigenvalue weighted by atomic mass is 9.91. The molecule has 4 rings (SSSR count). The molecule has 0 radical (unpaired) electrons. The van der Waals surface area contributed by atoms with E-state index in [1.807, 2.05) is 12.1 Å². The van der Waals surface area contributed by atoms with Gasteiger partial charge in [-0.3, -0.25) is 9.88 Å². The fourth-order valence-corrected chi connectivity index (χ4v) is 3.30. The number of ether oxygens (including phenoxy) is 1. The Bertz CT molecular complexity index is 591. The summed E-state index contributed by atoms with van der Waals surface area (Å²) in [6, 6.07) is 9.03. The molecule has 110 valence electrons. The van der Waals surface area contributed by atoms with E-state index in [0.717, 1.165) is 31.4 Å². The van der Waals surface area contributed by atoms with Crippen molar-refractivity contribution >= 4 is 0 Å². The number of nitrogens with zero attached hydrogens (tertiary/aromatic N) is 3. The molecule has 0 aromatic carbocycles. The van der Waals surface area contributed by atoms with Crippen LogP contribution in [-0.2, 0) is 13.1 Å². The molecule has 3 heterocycles. The molecule has 0 amide bonds. The molecule has 1 aliphatic heterocycles.